The number of aromatic nitrogens is 2. The van der Waals surface area contributed by atoms with Gasteiger partial charge in [0.2, 0.25) is 0 Å². The van der Waals surface area contributed by atoms with Crippen molar-refractivity contribution in [3.63, 3.8) is 0 Å². The number of carbonyl (C=O) groups is 1. The van der Waals surface area contributed by atoms with Crippen molar-refractivity contribution < 1.29 is 9.53 Å². The minimum atomic E-state index is -0.676. The number of fused-ring (bicyclic) bond motifs is 1. The topological polar surface area (TPSA) is 72.0 Å². The fourth-order valence-corrected chi connectivity index (χ4v) is 3.93. The molecule has 0 unspecified atom stereocenters. The van der Waals surface area contributed by atoms with E-state index in [0.29, 0.717) is 31.6 Å². The molecule has 0 saturated heterocycles. The van der Waals surface area contributed by atoms with E-state index in [1.807, 2.05) is 13.8 Å². The van der Waals surface area contributed by atoms with Crippen molar-refractivity contribution >= 4 is 50.7 Å². The van der Waals surface area contributed by atoms with Crippen molar-refractivity contribution in [3.05, 3.63) is 60.4 Å². The summed E-state index contributed by atoms with van der Waals surface area (Å²) in [5.41, 5.74) is 1.40. The molecule has 0 spiro atoms. The van der Waals surface area contributed by atoms with Crippen LogP contribution in [0.25, 0.3) is 10.2 Å². The van der Waals surface area contributed by atoms with Crippen LogP contribution in [0, 0.1) is 13.8 Å². The highest BCUT2D eigenvalue weighted by Gasteiger charge is 2.18. The fourth-order valence-electron chi connectivity index (χ4n) is 2.57. The second kappa shape index (κ2) is 7.39. The van der Waals surface area contributed by atoms with Gasteiger partial charge in [0.25, 0.3) is 5.56 Å². The number of ether oxygens (including phenoxy) is 1. The summed E-state index contributed by atoms with van der Waals surface area (Å²) in [5.74, 6) is -0.122. The molecule has 8 heteroatoms. The molecule has 26 heavy (non-hydrogen) atoms. The van der Waals surface area contributed by atoms with Gasteiger partial charge in [-0.25, -0.2) is 4.98 Å². The molecule has 0 radical (unpaired) electrons. The predicted molar refractivity (Wildman–Crippen MR) is 104 cm³/mol. The molecule has 0 aliphatic carbocycles. The van der Waals surface area contributed by atoms with Crippen LogP contribution in [0.2, 0.25) is 10.0 Å². The van der Waals surface area contributed by atoms with Crippen LogP contribution in [-0.2, 0) is 16.0 Å². The van der Waals surface area contributed by atoms with Gasteiger partial charge in [-0.2, -0.15) is 0 Å². The number of hydrogen-bond acceptors (Lipinski definition) is 5. The minimum absolute atomic E-state index is 0.0466. The summed E-state index contributed by atoms with van der Waals surface area (Å²) in [6.45, 7) is 5.51. The van der Waals surface area contributed by atoms with E-state index < -0.39 is 12.1 Å². The molecule has 0 aliphatic rings. The van der Waals surface area contributed by atoms with Gasteiger partial charge in [-0.3, -0.25) is 9.59 Å². The van der Waals surface area contributed by atoms with Crippen LogP contribution in [0.4, 0.5) is 0 Å². The second-order valence-electron chi connectivity index (χ2n) is 5.97. The number of nitrogens with one attached hydrogen (secondary N) is 1. The van der Waals surface area contributed by atoms with Crippen molar-refractivity contribution in [3.8, 4) is 0 Å². The highest BCUT2D eigenvalue weighted by Crippen LogP contribution is 2.27. The molecule has 0 aliphatic heterocycles. The van der Waals surface area contributed by atoms with Crippen molar-refractivity contribution in [2.24, 2.45) is 0 Å². The lowest BCUT2D eigenvalue weighted by molar-refractivity contribution is -0.148. The van der Waals surface area contributed by atoms with E-state index in [0.717, 1.165) is 10.4 Å². The number of halogens is 2. The Morgan fingerprint density at radius 1 is 1.31 bits per heavy atom. The summed E-state index contributed by atoms with van der Waals surface area (Å²) in [5, 5.41) is 1.39. The number of H-pyrrole nitrogens is 1. The average molecular weight is 411 g/mol. The predicted octanol–water partition coefficient (Wildman–Crippen LogP) is 4.76. The van der Waals surface area contributed by atoms with Crippen LogP contribution in [0.5, 0.6) is 0 Å². The van der Waals surface area contributed by atoms with E-state index >= 15 is 0 Å². The van der Waals surface area contributed by atoms with Crippen LogP contribution < -0.4 is 5.56 Å². The molecule has 1 atom stereocenters. The van der Waals surface area contributed by atoms with Gasteiger partial charge in [-0.15, -0.1) is 11.3 Å². The lowest BCUT2D eigenvalue weighted by atomic mass is 10.1. The number of aryl methyl sites for hydroxylation is 2. The summed E-state index contributed by atoms with van der Waals surface area (Å²) < 4.78 is 5.41. The van der Waals surface area contributed by atoms with E-state index in [9.17, 15) is 9.59 Å². The van der Waals surface area contributed by atoms with Gasteiger partial charge >= 0.3 is 5.97 Å². The maximum absolute atomic E-state index is 12.3. The second-order valence-corrected chi connectivity index (χ2v) is 7.99. The quantitative estimate of drug-likeness (QED) is 0.629. The Kier molecular flexibility index (Phi) is 5.37. The first kappa shape index (κ1) is 18.9. The van der Waals surface area contributed by atoms with Gasteiger partial charge in [0, 0.05) is 4.88 Å². The number of carbonyl (C=O) groups excluding carboxylic acids is 1. The molecule has 1 N–H and O–H groups in total. The van der Waals surface area contributed by atoms with E-state index in [1.54, 1.807) is 25.1 Å². The third-order valence-corrected chi connectivity index (χ3v) is 5.92. The number of hydrogen-bond donors (Lipinski definition) is 1. The van der Waals surface area contributed by atoms with Crippen LogP contribution in [0.15, 0.2) is 23.0 Å². The van der Waals surface area contributed by atoms with Crippen LogP contribution in [0.1, 0.15) is 34.9 Å². The first-order chi connectivity index (χ1) is 12.3. The summed E-state index contributed by atoms with van der Waals surface area (Å²) >= 11 is 13.3. The van der Waals surface area contributed by atoms with Gasteiger partial charge in [0.1, 0.15) is 4.83 Å². The van der Waals surface area contributed by atoms with Crippen LogP contribution >= 0.6 is 34.5 Å². The number of rotatable bonds is 4. The molecule has 2 aromatic heterocycles. The average Bonchev–Trinajstić information content (AvgIpc) is 2.85. The summed E-state index contributed by atoms with van der Waals surface area (Å²) in [6.07, 6.45) is -0.629. The van der Waals surface area contributed by atoms with Gasteiger partial charge in [-0.05, 0) is 44.0 Å². The number of aromatic amines is 1. The van der Waals surface area contributed by atoms with E-state index in [4.69, 9.17) is 27.9 Å². The van der Waals surface area contributed by atoms with Crippen molar-refractivity contribution in [1.29, 1.82) is 0 Å². The zero-order valence-electron chi connectivity index (χ0n) is 14.4. The Morgan fingerprint density at radius 2 is 2.04 bits per heavy atom. The SMILES string of the molecule is Cc1sc2nc([C@H](C)OC(=O)Cc3ccc(Cl)c(Cl)c3)[nH]c(=O)c2c1C. The molecule has 0 fully saturated rings. The fraction of sp³-hybridized carbons (Fsp3) is 0.278. The molecule has 5 nitrogen and oxygen atoms in total. The zero-order chi connectivity index (χ0) is 19.0. The Labute approximate surface area is 163 Å². The summed E-state index contributed by atoms with van der Waals surface area (Å²) in [7, 11) is 0. The largest absolute Gasteiger partial charge is 0.454 e. The maximum atomic E-state index is 12.3. The third-order valence-electron chi connectivity index (χ3n) is 4.08. The van der Waals surface area contributed by atoms with E-state index in [-0.39, 0.29) is 12.0 Å². The minimum Gasteiger partial charge on any atom is -0.454 e. The molecule has 0 amide bonds. The van der Waals surface area contributed by atoms with E-state index in [2.05, 4.69) is 9.97 Å². The standard InChI is InChI=1S/C18H16Cl2N2O3S/c1-8-10(3)26-18-15(8)17(24)21-16(22-18)9(2)25-14(23)7-11-4-5-12(19)13(20)6-11/h4-6,9H,7H2,1-3H3,(H,21,22,24)/t9-/m0/s1. The van der Waals surface area contributed by atoms with Gasteiger partial charge < -0.3 is 9.72 Å². The molecule has 3 aromatic rings. The summed E-state index contributed by atoms with van der Waals surface area (Å²) in [4.78, 5) is 33.4. The van der Waals surface area contributed by atoms with Crippen LogP contribution in [-0.4, -0.2) is 15.9 Å². The molecular weight excluding hydrogens is 395 g/mol. The van der Waals surface area contributed by atoms with Crippen molar-refractivity contribution in [2.45, 2.75) is 33.3 Å². The first-order valence-corrected chi connectivity index (χ1v) is 9.47. The number of nitrogens with zero attached hydrogens (tertiary/aromatic N) is 1. The zero-order valence-corrected chi connectivity index (χ0v) is 16.7. The lowest BCUT2D eigenvalue weighted by Gasteiger charge is -2.13. The Morgan fingerprint density at radius 3 is 2.73 bits per heavy atom. The monoisotopic (exact) mass is 410 g/mol. The Hall–Kier alpha value is -1.89. The van der Waals surface area contributed by atoms with Gasteiger partial charge in [0.15, 0.2) is 11.9 Å². The molecular formula is C18H16Cl2N2O3S. The molecule has 3 rings (SSSR count). The van der Waals surface area contributed by atoms with Gasteiger partial charge in [-0.1, -0.05) is 29.3 Å². The van der Waals surface area contributed by atoms with Crippen molar-refractivity contribution in [1.82, 2.24) is 9.97 Å². The molecule has 1 aromatic carbocycles. The number of thiophene rings is 1. The highest BCUT2D eigenvalue weighted by molar-refractivity contribution is 7.18. The number of esters is 1. The normalized spacial score (nSPS) is 12.3. The molecule has 0 saturated carbocycles. The van der Waals surface area contributed by atoms with E-state index in [1.165, 1.54) is 11.3 Å². The molecule has 136 valence electrons. The Balaban J connectivity index is 1.78. The molecule has 0 bridgehead atoms. The molecule has 2 heterocycles. The van der Waals surface area contributed by atoms with Crippen LogP contribution in [0.3, 0.4) is 0 Å². The lowest BCUT2D eigenvalue weighted by Crippen LogP contribution is -2.18. The highest BCUT2D eigenvalue weighted by atomic mass is 35.5. The van der Waals surface area contributed by atoms with Crippen molar-refractivity contribution in [2.75, 3.05) is 0 Å². The Bertz CT molecular complexity index is 1060. The van der Waals surface area contributed by atoms with Gasteiger partial charge in [0.05, 0.1) is 21.9 Å². The number of benzene rings is 1. The smallest absolute Gasteiger partial charge is 0.310 e. The maximum Gasteiger partial charge on any atom is 0.310 e. The summed E-state index contributed by atoms with van der Waals surface area (Å²) in [6, 6.07) is 4.97. The first-order valence-electron chi connectivity index (χ1n) is 7.89. The third kappa shape index (κ3) is 3.77.